The van der Waals surface area contributed by atoms with Gasteiger partial charge in [-0.15, -0.1) is 0 Å². The number of benzene rings is 1. The van der Waals surface area contributed by atoms with E-state index in [0.29, 0.717) is 10.0 Å². The highest BCUT2D eigenvalue weighted by Crippen LogP contribution is 2.28. The summed E-state index contributed by atoms with van der Waals surface area (Å²) >= 11 is 9.00. The molecule has 0 radical (unpaired) electrons. The molecule has 3 nitrogen and oxygen atoms in total. The van der Waals surface area contributed by atoms with Gasteiger partial charge in [0.2, 0.25) is 0 Å². The second kappa shape index (κ2) is 5.15. The number of carbonyl (C=O) groups excluding carboxylic acids is 1. The van der Waals surface area contributed by atoms with Crippen LogP contribution < -0.4 is 0 Å². The monoisotopic (exact) mass is 287 g/mol. The Balaban J connectivity index is 3.28. The molecule has 78 valence electrons. The van der Waals surface area contributed by atoms with Crippen molar-refractivity contribution >= 4 is 33.5 Å². The molecule has 0 spiro atoms. The molecule has 0 bridgehead atoms. The molecule has 1 aromatic carbocycles. The van der Waals surface area contributed by atoms with Crippen molar-refractivity contribution in [3.8, 4) is 6.07 Å². The van der Waals surface area contributed by atoms with E-state index in [4.69, 9.17) is 21.6 Å². The first-order valence-corrected chi connectivity index (χ1v) is 5.34. The van der Waals surface area contributed by atoms with E-state index in [2.05, 4.69) is 15.9 Å². The van der Waals surface area contributed by atoms with Crippen LogP contribution in [0, 0.1) is 11.3 Å². The second-order valence-electron chi connectivity index (χ2n) is 2.62. The molecule has 0 heterocycles. The minimum atomic E-state index is -0.536. The van der Waals surface area contributed by atoms with Crippen molar-refractivity contribution in [2.45, 2.75) is 6.92 Å². The van der Waals surface area contributed by atoms with Gasteiger partial charge in [0.05, 0.1) is 27.2 Å². The van der Waals surface area contributed by atoms with E-state index >= 15 is 0 Å². The van der Waals surface area contributed by atoms with Crippen LogP contribution in [0.1, 0.15) is 22.8 Å². The Bertz CT molecular complexity index is 440. The van der Waals surface area contributed by atoms with Crippen molar-refractivity contribution in [1.82, 2.24) is 0 Å². The summed E-state index contributed by atoms with van der Waals surface area (Å²) in [6, 6.07) is 4.98. The summed E-state index contributed by atoms with van der Waals surface area (Å²) < 4.78 is 5.20. The molecule has 0 aliphatic heterocycles. The third-order valence-electron chi connectivity index (χ3n) is 1.69. The molecule has 0 aliphatic rings. The molecule has 0 atom stereocenters. The molecule has 0 saturated carbocycles. The summed E-state index contributed by atoms with van der Waals surface area (Å²) in [5, 5.41) is 9.03. The van der Waals surface area contributed by atoms with E-state index in [1.165, 1.54) is 12.1 Å². The van der Waals surface area contributed by atoms with E-state index in [9.17, 15) is 4.79 Å². The summed E-state index contributed by atoms with van der Waals surface area (Å²) in [6.45, 7) is 1.96. The molecule has 0 saturated heterocycles. The van der Waals surface area contributed by atoms with Gasteiger partial charge in [0.15, 0.2) is 0 Å². The first-order chi connectivity index (χ1) is 7.11. The number of carbonyl (C=O) groups is 1. The predicted octanol–water partition coefficient (Wildman–Crippen LogP) is 3.15. The summed E-state index contributed by atoms with van der Waals surface area (Å²) in [7, 11) is 0. The standard InChI is InChI=1S/C10H7BrClNO2/c1-2-15-10(14)8-7(12)4-3-6(5-13)9(8)11/h3-4H,2H2,1H3. The van der Waals surface area contributed by atoms with Gasteiger partial charge in [-0.2, -0.15) is 5.26 Å². The van der Waals surface area contributed by atoms with Gasteiger partial charge in [0, 0.05) is 0 Å². The SMILES string of the molecule is CCOC(=O)c1c(Cl)ccc(C#N)c1Br. The first-order valence-electron chi connectivity index (χ1n) is 4.17. The molecule has 5 heteroatoms. The molecule has 1 aromatic rings. The molecular weight excluding hydrogens is 281 g/mol. The van der Waals surface area contributed by atoms with Crippen LogP contribution in [0.4, 0.5) is 0 Å². The van der Waals surface area contributed by atoms with Crippen LogP contribution in [0.3, 0.4) is 0 Å². The molecular formula is C10H7BrClNO2. The molecule has 0 aliphatic carbocycles. The van der Waals surface area contributed by atoms with Crippen molar-refractivity contribution in [2.24, 2.45) is 0 Å². The number of ether oxygens (including phenoxy) is 1. The molecule has 0 amide bonds. The van der Waals surface area contributed by atoms with Gasteiger partial charge >= 0.3 is 5.97 Å². The molecule has 0 unspecified atom stereocenters. The smallest absolute Gasteiger partial charge is 0.340 e. The van der Waals surface area contributed by atoms with Crippen molar-refractivity contribution in [3.05, 3.63) is 32.8 Å². The third-order valence-corrected chi connectivity index (χ3v) is 2.83. The van der Waals surface area contributed by atoms with Crippen molar-refractivity contribution in [3.63, 3.8) is 0 Å². The maximum Gasteiger partial charge on any atom is 0.340 e. The lowest BCUT2D eigenvalue weighted by Crippen LogP contribution is -2.07. The largest absolute Gasteiger partial charge is 0.462 e. The van der Waals surface area contributed by atoms with Crippen molar-refractivity contribution in [1.29, 1.82) is 5.26 Å². The third kappa shape index (κ3) is 2.49. The number of esters is 1. The van der Waals surface area contributed by atoms with Gasteiger partial charge in [0.25, 0.3) is 0 Å². The van der Waals surface area contributed by atoms with Gasteiger partial charge in [-0.25, -0.2) is 4.79 Å². The Kier molecular flexibility index (Phi) is 4.13. The van der Waals surface area contributed by atoms with Crippen LogP contribution in [-0.4, -0.2) is 12.6 Å². The van der Waals surface area contributed by atoms with E-state index in [0.717, 1.165) is 0 Å². The zero-order chi connectivity index (χ0) is 11.4. The summed E-state index contributed by atoms with van der Waals surface area (Å²) in [6.07, 6.45) is 0. The summed E-state index contributed by atoms with van der Waals surface area (Å²) in [5.41, 5.74) is 0.542. The van der Waals surface area contributed by atoms with Gasteiger partial charge in [-0.3, -0.25) is 0 Å². The van der Waals surface area contributed by atoms with Crippen molar-refractivity contribution in [2.75, 3.05) is 6.61 Å². The molecule has 0 fully saturated rings. The Morgan fingerprint density at radius 3 is 2.87 bits per heavy atom. The number of hydrogen-bond acceptors (Lipinski definition) is 3. The maximum absolute atomic E-state index is 11.5. The number of nitrogens with zero attached hydrogens (tertiary/aromatic N) is 1. The van der Waals surface area contributed by atoms with Crippen LogP contribution in [0.25, 0.3) is 0 Å². The van der Waals surface area contributed by atoms with Gasteiger partial charge in [-0.1, -0.05) is 11.6 Å². The van der Waals surface area contributed by atoms with Crippen LogP contribution in [-0.2, 0) is 4.74 Å². The van der Waals surface area contributed by atoms with Crippen LogP contribution in [0.15, 0.2) is 16.6 Å². The zero-order valence-corrected chi connectivity index (χ0v) is 10.2. The van der Waals surface area contributed by atoms with E-state index in [1.54, 1.807) is 6.92 Å². The number of nitriles is 1. The molecule has 15 heavy (non-hydrogen) atoms. The number of halogens is 2. The predicted molar refractivity (Wildman–Crippen MR) is 59.8 cm³/mol. The zero-order valence-electron chi connectivity index (χ0n) is 7.88. The van der Waals surface area contributed by atoms with Gasteiger partial charge in [0.1, 0.15) is 6.07 Å². The quantitative estimate of drug-likeness (QED) is 0.786. The number of rotatable bonds is 2. The Morgan fingerprint density at radius 1 is 1.67 bits per heavy atom. The fourth-order valence-corrected chi connectivity index (χ4v) is 1.97. The highest BCUT2D eigenvalue weighted by Gasteiger charge is 2.18. The van der Waals surface area contributed by atoms with Gasteiger partial charge in [-0.05, 0) is 35.0 Å². The van der Waals surface area contributed by atoms with Crippen molar-refractivity contribution < 1.29 is 9.53 Å². The lowest BCUT2D eigenvalue weighted by atomic mass is 10.1. The average molecular weight is 289 g/mol. The van der Waals surface area contributed by atoms with E-state index in [-0.39, 0.29) is 17.2 Å². The topological polar surface area (TPSA) is 50.1 Å². The minimum Gasteiger partial charge on any atom is -0.462 e. The Hall–Kier alpha value is -1.05. The Labute approximate surface area is 101 Å². The second-order valence-corrected chi connectivity index (χ2v) is 3.82. The average Bonchev–Trinajstić information content (AvgIpc) is 2.18. The minimum absolute atomic E-state index is 0.192. The maximum atomic E-state index is 11.5. The van der Waals surface area contributed by atoms with Crippen LogP contribution in [0.2, 0.25) is 5.02 Å². The van der Waals surface area contributed by atoms with Gasteiger partial charge < -0.3 is 4.74 Å². The summed E-state index contributed by atoms with van der Waals surface area (Å²) in [4.78, 5) is 11.5. The normalized spacial score (nSPS) is 9.47. The molecule has 1 rings (SSSR count). The van der Waals surface area contributed by atoms with Crippen LogP contribution >= 0.6 is 27.5 Å². The lowest BCUT2D eigenvalue weighted by Gasteiger charge is -2.07. The first kappa shape index (κ1) is 12.0. The molecule has 0 N–H and O–H groups in total. The van der Waals surface area contributed by atoms with E-state index in [1.807, 2.05) is 6.07 Å². The highest BCUT2D eigenvalue weighted by atomic mass is 79.9. The lowest BCUT2D eigenvalue weighted by molar-refractivity contribution is 0.0525. The van der Waals surface area contributed by atoms with E-state index < -0.39 is 5.97 Å². The fraction of sp³-hybridized carbons (Fsp3) is 0.200. The van der Waals surface area contributed by atoms with Crippen LogP contribution in [0.5, 0.6) is 0 Å². The molecule has 0 aromatic heterocycles. The fourth-order valence-electron chi connectivity index (χ4n) is 1.03. The highest BCUT2D eigenvalue weighted by molar-refractivity contribution is 9.10. The Morgan fingerprint density at radius 2 is 2.33 bits per heavy atom. The number of hydrogen-bond donors (Lipinski definition) is 0. The summed E-state index contributed by atoms with van der Waals surface area (Å²) in [5.74, 6) is -0.536.